The van der Waals surface area contributed by atoms with Crippen molar-refractivity contribution < 1.29 is 39.2 Å². The molecular weight excluding hydrogens is 466 g/mol. The zero-order valence-corrected chi connectivity index (χ0v) is 21.1. The van der Waals surface area contributed by atoms with Crippen LogP contribution in [-0.2, 0) is 20.9 Å². The van der Waals surface area contributed by atoms with Crippen LogP contribution in [0.5, 0.6) is 0 Å². The molecule has 2 unspecified atom stereocenters. The fourth-order valence-corrected chi connectivity index (χ4v) is 3.32. The van der Waals surface area contributed by atoms with Gasteiger partial charge < -0.3 is 20.1 Å². The summed E-state index contributed by atoms with van der Waals surface area (Å²) in [6.45, 7) is 8.20. The first-order valence-electron chi connectivity index (χ1n) is 11.8. The molecule has 2 aromatic rings. The summed E-state index contributed by atoms with van der Waals surface area (Å²) >= 11 is 0. The molecule has 0 spiro atoms. The lowest BCUT2D eigenvalue weighted by atomic mass is 9.97. The first kappa shape index (κ1) is 30.3. The second-order valence-corrected chi connectivity index (χ2v) is 8.57. The fourth-order valence-electron chi connectivity index (χ4n) is 3.32. The molecule has 0 saturated carbocycles. The minimum absolute atomic E-state index is 0.245. The summed E-state index contributed by atoms with van der Waals surface area (Å²) in [5.74, 6) is -1.99. The lowest BCUT2D eigenvalue weighted by molar-refractivity contribution is -0.142. The van der Waals surface area contributed by atoms with Gasteiger partial charge in [-0.1, -0.05) is 64.1 Å². The molecule has 9 heteroatoms. The van der Waals surface area contributed by atoms with Gasteiger partial charge in [-0.2, -0.15) is 0 Å². The molecule has 0 bridgehead atoms. The van der Waals surface area contributed by atoms with E-state index in [1.165, 1.54) is 10.5 Å². The maximum Gasteiger partial charge on any atom is 0.513 e. The van der Waals surface area contributed by atoms with Crippen molar-refractivity contribution in [2.45, 2.75) is 58.9 Å². The number of carboxylic acid groups (broad SMARTS) is 3. The van der Waals surface area contributed by atoms with E-state index in [0.29, 0.717) is 18.4 Å². The van der Waals surface area contributed by atoms with Gasteiger partial charge in [0.15, 0.2) is 0 Å². The Labute approximate surface area is 211 Å². The van der Waals surface area contributed by atoms with E-state index >= 15 is 0 Å². The third-order valence-corrected chi connectivity index (χ3v) is 5.79. The highest BCUT2D eigenvalue weighted by molar-refractivity contribution is 5.94. The smallest absolute Gasteiger partial charge is 0.480 e. The Morgan fingerprint density at radius 1 is 0.750 bits per heavy atom. The summed E-state index contributed by atoms with van der Waals surface area (Å²) in [4.78, 5) is 44.2. The van der Waals surface area contributed by atoms with Crippen LogP contribution in [0.1, 0.15) is 79.4 Å². The van der Waals surface area contributed by atoms with Gasteiger partial charge in [0, 0.05) is 6.54 Å². The number of esters is 1. The van der Waals surface area contributed by atoms with Gasteiger partial charge in [0.1, 0.15) is 0 Å². The van der Waals surface area contributed by atoms with Crippen LogP contribution in [0.4, 0.5) is 4.79 Å². The van der Waals surface area contributed by atoms with Gasteiger partial charge in [-0.3, -0.25) is 14.5 Å². The average Bonchev–Trinajstić information content (AvgIpc) is 2.82. The van der Waals surface area contributed by atoms with E-state index in [2.05, 4.69) is 32.4 Å². The van der Waals surface area contributed by atoms with E-state index in [9.17, 15) is 19.2 Å². The second kappa shape index (κ2) is 15.3. The van der Waals surface area contributed by atoms with Crippen LogP contribution in [0.3, 0.4) is 0 Å². The monoisotopic (exact) mass is 501 g/mol. The molecule has 0 saturated heterocycles. The van der Waals surface area contributed by atoms with Crippen molar-refractivity contribution in [2.75, 3.05) is 13.1 Å². The van der Waals surface area contributed by atoms with Crippen LogP contribution in [0.2, 0.25) is 0 Å². The van der Waals surface area contributed by atoms with Crippen molar-refractivity contribution in [1.29, 1.82) is 0 Å². The predicted octanol–water partition coefficient (Wildman–Crippen LogP) is 5.21. The van der Waals surface area contributed by atoms with Crippen LogP contribution < -0.4 is 0 Å². The molecule has 0 aromatic heterocycles. The summed E-state index contributed by atoms with van der Waals surface area (Å²) in [6, 6.07) is 14.7. The predicted molar refractivity (Wildman–Crippen MR) is 134 cm³/mol. The lowest BCUT2D eigenvalue weighted by Crippen LogP contribution is -2.33. The molecule has 36 heavy (non-hydrogen) atoms. The van der Waals surface area contributed by atoms with Crippen molar-refractivity contribution in [1.82, 2.24) is 4.90 Å². The number of carboxylic acids is 2. The molecule has 0 amide bonds. The minimum Gasteiger partial charge on any atom is -0.480 e. The van der Waals surface area contributed by atoms with Gasteiger partial charge in [0.2, 0.25) is 0 Å². The SMILES string of the molecule is CCC(C)c1ccc(C(=O)OC(=O)O)cc1.CCC(C)c1ccc(CN(CC(=O)O)CC(=O)O)cc1. The lowest BCUT2D eigenvalue weighted by Gasteiger charge is -2.18. The van der Waals surface area contributed by atoms with E-state index in [4.69, 9.17) is 15.3 Å². The van der Waals surface area contributed by atoms with Gasteiger partial charge in [0.25, 0.3) is 0 Å². The van der Waals surface area contributed by atoms with Crippen LogP contribution in [0.15, 0.2) is 48.5 Å². The Balaban J connectivity index is 0.000000369. The maximum absolute atomic E-state index is 11.2. The molecule has 3 N–H and O–H groups in total. The Bertz CT molecular complexity index is 985. The van der Waals surface area contributed by atoms with Crippen LogP contribution >= 0.6 is 0 Å². The standard InChI is InChI=1S/C15H21NO4.C12H14O4/c1-3-11(2)13-6-4-12(5-7-13)8-16(9-14(17)18)10-15(19)20;1-3-8(2)9-4-6-10(7-5-9)11(13)16-12(14)15/h4-7,11H,3,8-10H2,1-2H3,(H,17,18)(H,19,20);4-8H,3H2,1-2H3,(H,14,15). The Morgan fingerprint density at radius 3 is 1.53 bits per heavy atom. The molecule has 0 aliphatic rings. The van der Waals surface area contributed by atoms with Gasteiger partial charge in [-0.15, -0.1) is 0 Å². The van der Waals surface area contributed by atoms with Crippen molar-refractivity contribution >= 4 is 24.1 Å². The number of nitrogens with zero attached hydrogens (tertiary/aromatic N) is 1. The molecule has 0 fully saturated rings. The quantitative estimate of drug-likeness (QED) is 0.279. The van der Waals surface area contributed by atoms with Crippen molar-refractivity contribution in [3.8, 4) is 0 Å². The van der Waals surface area contributed by atoms with Gasteiger partial charge in [-0.25, -0.2) is 9.59 Å². The molecule has 0 radical (unpaired) electrons. The van der Waals surface area contributed by atoms with E-state index in [1.807, 2.05) is 36.4 Å². The topological polar surface area (TPSA) is 141 Å². The fraction of sp³-hybridized carbons (Fsp3) is 0.407. The van der Waals surface area contributed by atoms with Gasteiger partial charge in [0.05, 0.1) is 18.7 Å². The Morgan fingerprint density at radius 2 is 1.17 bits per heavy atom. The van der Waals surface area contributed by atoms with E-state index < -0.39 is 24.1 Å². The van der Waals surface area contributed by atoms with Gasteiger partial charge in [-0.05, 0) is 53.5 Å². The number of aliphatic carboxylic acids is 2. The van der Waals surface area contributed by atoms with Crippen LogP contribution in [0, 0.1) is 0 Å². The number of ether oxygens (including phenoxy) is 1. The Kier molecular flexibility index (Phi) is 12.9. The largest absolute Gasteiger partial charge is 0.513 e. The molecule has 0 aliphatic heterocycles. The zero-order chi connectivity index (χ0) is 27.3. The normalized spacial score (nSPS) is 12.1. The zero-order valence-electron chi connectivity index (χ0n) is 21.1. The highest BCUT2D eigenvalue weighted by Crippen LogP contribution is 2.20. The number of rotatable bonds is 11. The molecule has 9 nitrogen and oxygen atoms in total. The van der Waals surface area contributed by atoms with Crippen molar-refractivity contribution in [3.05, 3.63) is 70.8 Å². The number of carbonyl (C=O) groups is 4. The molecule has 2 atom stereocenters. The molecule has 0 aliphatic carbocycles. The van der Waals surface area contributed by atoms with E-state index in [-0.39, 0.29) is 18.7 Å². The highest BCUT2D eigenvalue weighted by atomic mass is 16.7. The summed E-state index contributed by atoms with van der Waals surface area (Å²) in [6.07, 6.45) is 0.485. The number of carbonyl (C=O) groups excluding carboxylic acids is 1. The van der Waals surface area contributed by atoms with Crippen LogP contribution in [-0.4, -0.2) is 57.4 Å². The summed E-state index contributed by atoms with van der Waals surface area (Å²) in [5, 5.41) is 25.9. The second-order valence-electron chi connectivity index (χ2n) is 8.57. The molecule has 2 rings (SSSR count). The summed E-state index contributed by atoms with van der Waals surface area (Å²) in [7, 11) is 0. The van der Waals surface area contributed by atoms with Gasteiger partial charge >= 0.3 is 24.1 Å². The molecule has 2 aromatic carbocycles. The first-order chi connectivity index (χ1) is 17.0. The Hall–Kier alpha value is -3.72. The van der Waals surface area contributed by atoms with Crippen LogP contribution in [0.25, 0.3) is 0 Å². The summed E-state index contributed by atoms with van der Waals surface area (Å²) < 4.78 is 4.04. The van der Waals surface area contributed by atoms with Crippen molar-refractivity contribution in [3.63, 3.8) is 0 Å². The third-order valence-electron chi connectivity index (χ3n) is 5.79. The number of hydrogen-bond donors (Lipinski definition) is 3. The van der Waals surface area contributed by atoms with E-state index in [1.54, 1.807) is 12.1 Å². The first-order valence-corrected chi connectivity index (χ1v) is 11.8. The molecule has 196 valence electrons. The maximum atomic E-state index is 11.2. The molecule has 0 heterocycles. The molecular formula is C27H35NO8. The van der Waals surface area contributed by atoms with Crippen molar-refractivity contribution in [2.24, 2.45) is 0 Å². The minimum atomic E-state index is -1.59. The highest BCUT2D eigenvalue weighted by Gasteiger charge is 2.14. The third kappa shape index (κ3) is 11.1. The average molecular weight is 502 g/mol. The number of benzene rings is 2. The summed E-state index contributed by atoms with van der Waals surface area (Å²) in [5.41, 5.74) is 3.52. The number of hydrogen-bond acceptors (Lipinski definition) is 6. The van der Waals surface area contributed by atoms with E-state index in [0.717, 1.165) is 24.0 Å².